The molecule has 0 spiro atoms. The van der Waals surface area contributed by atoms with Gasteiger partial charge in [-0.2, -0.15) is 13.2 Å². The summed E-state index contributed by atoms with van der Waals surface area (Å²) in [6, 6.07) is 4.34. The molecule has 3 N–H and O–H groups in total. The van der Waals surface area contributed by atoms with Crippen molar-refractivity contribution in [2.75, 3.05) is 19.6 Å². The van der Waals surface area contributed by atoms with Crippen molar-refractivity contribution in [2.24, 2.45) is 5.92 Å². The summed E-state index contributed by atoms with van der Waals surface area (Å²) in [5.74, 6) is -5.49. The van der Waals surface area contributed by atoms with E-state index in [1.165, 1.54) is 28.5 Å². The number of benzene rings is 1. The van der Waals surface area contributed by atoms with Crippen LogP contribution in [0, 0.1) is 5.92 Å². The highest BCUT2D eigenvalue weighted by Crippen LogP contribution is 2.31. The number of hydrogen-bond acceptors (Lipinski definition) is 4. The van der Waals surface area contributed by atoms with E-state index in [1.54, 1.807) is 6.07 Å². The predicted octanol–water partition coefficient (Wildman–Crippen LogP) is 0.893. The number of nitrogens with one attached hydrogen (secondary N) is 2. The fourth-order valence-electron chi connectivity index (χ4n) is 3.35. The van der Waals surface area contributed by atoms with E-state index >= 15 is 0 Å². The summed E-state index contributed by atoms with van der Waals surface area (Å²) in [5.41, 5.74) is 0.181. The van der Waals surface area contributed by atoms with Crippen molar-refractivity contribution >= 4 is 23.8 Å². The van der Waals surface area contributed by atoms with Crippen molar-refractivity contribution in [2.45, 2.75) is 18.6 Å². The second-order valence-corrected chi connectivity index (χ2v) is 6.55. The highest BCUT2D eigenvalue weighted by Gasteiger charge is 2.48. The first-order valence-electron chi connectivity index (χ1n) is 8.67. The molecule has 1 saturated heterocycles. The second kappa shape index (κ2) is 7.60. The lowest BCUT2D eigenvalue weighted by Gasteiger charge is -2.28. The minimum atomic E-state index is -5.05. The number of hydrogen-bond donors (Lipinski definition) is 3. The quantitative estimate of drug-likeness (QED) is 0.676. The van der Waals surface area contributed by atoms with Gasteiger partial charge < -0.3 is 15.7 Å². The van der Waals surface area contributed by atoms with Crippen LogP contribution < -0.4 is 10.6 Å². The van der Waals surface area contributed by atoms with E-state index in [9.17, 15) is 32.3 Å². The Morgan fingerprint density at radius 3 is 2.48 bits per heavy atom. The third-order valence-electron chi connectivity index (χ3n) is 4.72. The third-order valence-corrected chi connectivity index (χ3v) is 4.72. The average molecular weight is 414 g/mol. The summed E-state index contributed by atoms with van der Waals surface area (Å²) in [6.07, 6.45) is -6.27. The topological polar surface area (TPSA) is 119 Å². The maximum Gasteiger partial charge on any atom is 0.404 e. The Balaban J connectivity index is 1.94. The van der Waals surface area contributed by atoms with Crippen LogP contribution >= 0.6 is 0 Å². The van der Waals surface area contributed by atoms with Crippen molar-refractivity contribution in [3.05, 3.63) is 35.4 Å². The molecule has 0 saturated carbocycles. The van der Waals surface area contributed by atoms with E-state index in [1.807, 2.05) is 0 Å². The molecule has 0 radical (unpaired) electrons. The van der Waals surface area contributed by atoms with E-state index in [0.29, 0.717) is 6.42 Å². The summed E-state index contributed by atoms with van der Waals surface area (Å²) in [5, 5.41) is 14.5. The fourth-order valence-corrected chi connectivity index (χ4v) is 3.35. The third kappa shape index (κ3) is 3.96. The zero-order valence-electron chi connectivity index (χ0n) is 14.9. The van der Waals surface area contributed by atoms with E-state index in [4.69, 9.17) is 5.11 Å². The van der Waals surface area contributed by atoms with Crippen LogP contribution in [0.15, 0.2) is 24.3 Å². The maximum atomic E-state index is 13.3. The molecule has 0 unspecified atom stereocenters. The smallest absolute Gasteiger partial charge is 0.404 e. The van der Waals surface area contributed by atoms with Gasteiger partial charge in [0, 0.05) is 25.2 Å². The lowest BCUT2D eigenvalue weighted by molar-refractivity contribution is -0.182. The maximum absolute atomic E-state index is 13.3. The van der Waals surface area contributed by atoms with Crippen LogP contribution in [0.4, 0.5) is 18.0 Å². The van der Waals surface area contributed by atoms with Crippen LogP contribution in [-0.2, 0) is 9.59 Å². The molecule has 0 aromatic heterocycles. The van der Waals surface area contributed by atoms with Gasteiger partial charge in [-0.3, -0.25) is 14.4 Å². The largest absolute Gasteiger partial charge is 0.465 e. The van der Waals surface area contributed by atoms with Gasteiger partial charge in [-0.1, -0.05) is 18.2 Å². The molecular formula is C17H17F3N4O5. The first-order chi connectivity index (χ1) is 13.6. The lowest BCUT2D eigenvalue weighted by atomic mass is 9.98. The predicted molar refractivity (Wildman–Crippen MR) is 90.3 cm³/mol. The number of carbonyl (C=O) groups is 4. The van der Waals surface area contributed by atoms with Crippen molar-refractivity contribution in [3.8, 4) is 0 Å². The molecule has 2 aliphatic rings. The first-order valence-corrected chi connectivity index (χ1v) is 8.67. The summed E-state index contributed by atoms with van der Waals surface area (Å²) >= 11 is 0. The zero-order chi connectivity index (χ0) is 21.3. The standard InChI is InChI=1S/C17H17F3N4O5/c18-17(19,20)11(8-21-16(28)29)13(25)22-12-9-4-1-2-5-10(9)14(26)23-6-3-7-24(23)15(12)27/h1-2,4-5,11-12,21H,3,6-8H2,(H,22,25)(H,28,29)/t11-,12+/m1/s1. The van der Waals surface area contributed by atoms with Crippen LogP contribution in [0.3, 0.4) is 0 Å². The van der Waals surface area contributed by atoms with E-state index in [2.05, 4.69) is 5.32 Å². The summed E-state index contributed by atoms with van der Waals surface area (Å²) in [7, 11) is 0. The molecule has 1 aromatic carbocycles. The Hall–Kier alpha value is -3.31. The van der Waals surface area contributed by atoms with Gasteiger partial charge in [-0.25, -0.2) is 14.8 Å². The van der Waals surface area contributed by atoms with Gasteiger partial charge in [0.05, 0.1) is 0 Å². The molecule has 4 amide bonds. The van der Waals surface area contributed by atoms with Crippen LogP contribution in [0.25, 0.3) is 0 Å². The van der Waals surface area contributed by atoms with Gasteiger partial charge >= 0.3 is 12.3 Å². The van der Waals surface area contributed by atoms with Crippen LogP contribution in [0.1, 0.15) is 28.4 Å². The van der Waals surface area contributed by atoms with Gasteiger partial charge in [0.25, 0.3) is 11.8 Å². The Kier molecular flexibility index (Phi) is 5.36. The van der Waals surface area contributed by atoms with Crippen molar-refractivity contribution in [3.63, 3.8) is 0 Å². The monoisotopic (exact) mass is 414 g/mol. The number of rotatable bonds is 4. The molecule has 1 fully saturated rings. The Bertz CT molecular complexity index is 860. The van der Waals surface area contributed by atoms with Crippen LogP contribution in [-0.4, -0.2) is 64.7 Å². The molecular weight excluding hydrogens is 397 g/mol. The minimum absolute atomic E-state index is 0.0809. The van der Waals surface area contributed by atoms with Gasteiger partial charge in [-0.05, 0) is 18.1 Å². The number of nitrogens with zero attached hydrogens (tertiary/aromatic N) is 2. The summed E-state index contributed by atoms with van der Waals surface area (Å²) in [6.45, 7) is -0.747. The molecule has 2 atom stereocenters. The Morgan fingerprint density at radius 1 is 1.17 bits per heavy atom. The number of hydrazine groups is 1. The molecule has 9 nitrogen and oxygen atoms in total. The molecule has 2 heterocycles. The number of amides is 4. The van der Waals surface area contributed by atoms with E-state index in [0.717, 1.165) is 5.01 Å². The second-order valence-electron chi connectivity index (χ2n) is 6.55. The van der Waals surface area contributed by atoms with Crippen LogP contribution in [0.2, 0.25) is 0 Å². The average Bonchev–Trinajstić information content (AvgIpc) is 3.11. The summed E-state index contributed by atoms with van der Waals surface area (Å²) < 4.78 is 39.8. The van der Waals surface area contributed by atoms with Gasteiger partial charge in [-0.15, -0.1) is 0 Å². The van der Waals surface area contributed by atoms with Gasteiger partial charge in [0.1, 0.15) is 6.04 Å². The number of fused-ring (bicyclic) bond motifs is 2. The first kappa shape index (κ1) is 20.4. The molecule has 3 rings (SSSR count). The highest BCUT2D eigenvalue weighted by molar-refractivity contribution is 6.02. The Morgan fingerprint density at radius 2 is 1.83 bits per heavy atom. The normalized spacial score (nSPS) is 19.9. The number of alkyl halides is 3. The van der Waals surface area contributed by atoms with Crippen LogP contribution in [0.5, 0.6) is 0 Å². The zero-order valence-corrected chi connectivity index (χ0v) is 14.9. The van der Waals surface area contributed by atoms with Crippen molar-refractivity contribution in [1.82, 2.24) is 20.7 Å². The molecule has 0 aliphatic carbocycles. The van der Waals surface area contributed by atoms with Crippen molar-refractivity contribution in [1.29, 1.82) is 0 Å². The van der Waals surface area contributed by atoms with E-state index in [-0.39, 0.29) is 24.2 Å². The molecule has 1 aromatic rings. The summed E-state index contributed by atoms with van der Waals surface area (Å²) in [4.78, 5) is 48.6. The number of halogens is 3. The molecule has 12 heteroatoms. The molecule has 29 heavy (non-hydrogen) atoms. The molecule has 0 bridgehead atoms. The fraction of sp³-hybridized carbons (Fsp3) is 0.412. The SMILES string of the molecule is O=C(O)NC[C@H](C(=O)N[C@@H]1C(=O)N2CCCN2C(=O)c2ccccc21)C(F)(F)F. The van der Waals surface area contributed by atoms with E-state index < -0.39 is 48.5 Å². The molecule has 2 aliphatic heterocycles. The number of carbonyl (C=O) groups excluding carboxylic acids is 3. The van der Waals surface area contributed by atoms with Gasteiger partial charge in [0.15, 0.2) is 5.92 Å². The lowest BCUT2D eigenvalue weighted by Crippen LogP contribution is -2.51. The molecule has 156 valence electrons. The highest BCUT2D eigenvalue weighted by atomic mass is 19.4. The van der Waals surface area contributed by atoms with Gasteiger partial charge in [0.2, 0.25) is 5.91 Å². The number of carboxylic acid groups (broad SMARTS) is 1. The minimum Gasteiger partial charge on any atom is -0.465 e. The Labute approximate surface area is 162 Å². The van der Waals surface area contributed by atoms with Crippen molar-refractivity contribution < 1.29 is 37.5 Å².